The number of benzene rings is 1. The first-order valence-electron chi connectivity index (χ1n) is 9.15. The molecule has 29 heavy (non-hydrogen) atoms. The number of halogens is 1. The number of rotatable bonds is 4. The Bertz CT molecular complexity index is 1090. The van der Waals surface area contributed by atoms with Crippen LogP contribution in [0.5, 0.6) is 0 Å². The van der Waals surface area contributed by atoms with E-state index in [0.29, 0.717) is 35.1 Å². The van der Waals surface area contributed by atoms with Gasteiger partial charge in [0.2, 0.25) is 0 Å². The summed E-state index contributed by atoms with van der Waals surface area (Å²) in [4.78, 5) is 34.2. The molecule has 1 aliphatic heterocycles. The van der Waals surface area contributed by atoms with E-state index < -0.39 is 18.1 Å². The van der Waals surface area contributed by atoms with Gasteiger partial charge in [0.1, 0.15) is 10.8 Å². The molecular formula is C21H18ClN3O4. The number of amides is 1. The number of aliphatic hydroxyl groups excluding tert-OH is 1. The monoisotopic (exact) mass is 411 g/mol. The van der Waals surface area contributed by atoms with Crippen molar-refractivity contribution >= 4 is 34.2 Å². The highest BCUT2D eigenvalue weighted by atomic mass is 35.5. The van der Waals surface area contributed by atoms with Crippen LogP contribution in [0.25, 0.3) is 10.9 Å². The van der Waals surface area contributed by atoms with Crippen molar-refractivity contribution in [2.24, 2.45) is 0 Å². The van der Waals surface area contributed by atoms with Gasteiger partial charge in [-0.2, -0.15) is 0 Å². The molecule has 0 aliphatic carbocycles. The number of carbonyl (C=O) groups is 2. The van der Waals surface area contributed by atoms with E-state index in [1.54, 1.807) is 30.3 Å². The van der Waals surface area contributed by atoms with Crippen LogP contribution in [0.1, 0.15) is 32.8 Å². The summed E-state index contributed by atoms with van der Waals surface area (Å²) >= 11 is 5.92. The van der Waals surface area contributed by atoms with Crippen molar-refractivity contribution in [3.05, 3.63) is 70.6 Å². The van der Waals surface area contributed by atoms with Crippen molar-refractivity contribution in [3.8, 4) is 0 Å². The molecule has 7 nitrogen and oxygen atoms in total. The van der Waals surface area contributed by atoms with Gasteiger partial charge in [-0.05, 0) is 30.7 Å². The second-order valence-corrected chi connectivity index (χ2v) is 7.17. The quantitative estimate of drug-likeness (QED) is 0.505. The first-order chi connectivity index (χ1) is 14.0. The van der Waals surface area contributed by atoms with Crippen LogP contribution >= 0.6 is 11.6 Å². The molecule has 148 valence electrons. The van der Waals surface area contributed by atoms with E-state index in [1.807, 2.05) is 0 Å². The third-order valence-corrected chi connectivity index (χ3v) is 5.03. The van der Waals surface area contributed by atoms with E-state index in [9.17, 15) is 14.7 Å². The van der Waals surface area contributed by atoms with Crippen LogP contribution in [0, 0.1) is 0 Å². The molecule has 2 aromatic heterocycles. The van der Waals surface area contributed by atoms with E-state index in [-0.39, 0.29) is 23.2 Å². The third-order valence-electron chi connectivity index (χ3n) is 4.82. The highest BCUT2D eigenvalue weighted by Crippen LogP contribution is 2.22. The third kappa shape index (κ3) is 4.12. The van der Waals surface area contributed by atoms with Gasteiger partial charge in [-0.1, -0.05) is 29.8 Å². The number of ketones is 1. The van der Waals surface area contributed by atoms with Crippen LogP contribution in [0.15, 0.2) is 48.7 Å². The Morgan fingerprint density at radius 3 is 2.83 bits per heavy atom. The number of hydrogen-bond donors (Lipinski definition) is 2. The minimum Gasteiger partial charge on any atom is -0.389 e. The van der Waals surface area contributed by atoms with E-state index in [2.05, 4.69) is 15.3 Å². The van der Waals surface area contributed by atoms with Gasteiger partial charge in [0.15, 0.2) is 5.78 Å². The number of para-hydroxylation sites is 1. The summed E-state index contributed by atoms with van der Waals surface area (Å²) in [6.45, 7) is 0.627. The molecule has 1 fully saturated rings. The van der Waals surface area contributed by atoms with E-state index >= 15 is 0 Å². The number of ether oxygens (including phenoxy) is 1. The number of carbonyl (C=O) groups excluding carboxylic acids is 2. The molecule has 0 saturated carbocycles. The maximum Gasteiger partial charge on any atom is 0.270 e. The van der Waals surface area contributed by atoms with Crippen LogP contribution in [0.4, 0.5) is 0 Å². The minimum atomic E-state index is -0.784. The van der Waals surface area contributed by atoms with Crippen LogP contribution in [0.2, 0.25) is 5.15 Å². The van der Waals surface area contributed by atoms with Gasteiger partial charge in [-0.25, -0.2) is 9.97 Å². The predicted molar refractivity (Wildman–Crippen MR) is 107 cm³/mol. The Morgan fingerprint density at radius 1 is 1.21 bits per heavy atom. The van der Waals surface area contributed by atoms with Gasteiger partial charge in [-0.15, -0.1) is 0 Å². The Hall–Kier alpha value is -2.87. The Balaban J connectivity index is 1.72. The molecule has 1 aromatic carbocycles. The van der Waals surface area contributed by atoms with Gasteiger partial charge >= 0.3 is 0 Å². The second kappa shape index (κ2) is 8.24. The van der Waals surface area contributed by atoms with E-state index in [0.717, 1.165) is 0 Å². The van der Waals surface area contributed by atoms with Gasteiger partial charge < -0.3 is 15.2 Å². The van der Waals surface area contributed by atoms with E-state index in [1.165, 1.54) is 18.3 Å². The number of nitrogens with one attached hydrogen (secondary N) is 1. The summed E-state index contributed by atoms with van der Waals surface area (Å²) in [5.41, 5.74) is 1.34. The number of pyridine rings is 2. The van der Waals surface area contributed by atoms with Crippen LogP contribution in [-0.4, -0.2) is 52.1 Å². The minimum absolute atomic E-state index is 0.103. The zero-order valence-electron chi connectivity index (χ0n) is 15.3. The van der Waals surface area contributed by atoms with Crippen LogP contribution < -0.4 is 5.32 Å². The lowest BCUT2D eigenvalue weighted by molar-refractivity contribution is -0.0261. The number of hydrogen-bond acceptors (Lipinski definition) is 6. The largest absolute Gasteiger partial charge is 0.389 e. The summed E-state index contributed by atoms with van der Waals surface area (Å²) < 4.78 is 5.19. The highest BCUT2D eigenvalue weighted by Gasteiger charge is 2.26. The van der Waals surface area contributed by atoms with Crippen molar-refractivity contribution in [1.29, 1.82) is 0 Å². The zero-order chi connectivity index (χ0) is 20.4. The van der Waals surface area contributed by atoms with Crippen molar-refractivity contribution in [1.82, 2.24) is 15.3 Å². The molecule has 0 radical (unpaired) electrons. The second-order valence-electron chi connectivity index (χ2n) is 6.78. The Labute approximate surface area is 171 Å². The molecule has 1 aliphatic rings. The summed E-state index contributed by atoms with van der Waals surface area (Å²) in [7, 11) is 0. The Morgan fingerprint density at radius 2 is 2.03 bits per heavy atom. The molecule has 2 N–H and O–H groups in total. The van der Waals surface area contributed by atoms with Crippen LogP contribution in [-0.2, 0) is 4.74 Å². The molecule has 0 spiro atoms. The molecular weight excluding hydrogens is 394 g/mol. The first-order valence-corrected chi connectivity index (χ1v) is 9.53. The molecule has 0 unspecified atom stereocenters. The van der Waals surface area contributed by atoms with Crippen molar-refractivity contribution in [2.45, 2.75) is 18.6 Å². The summed E-state index contributed by atoms with van der Waals surface area (Å²) in [5, 5.41) is 13.7. The molecule has 1 amide bonds. The predicted octanol–water partition coefficient (Wildman–Crippen LogP) is 2.39. The molecule has 3 aromatic rings. The zero-order valence-corrected chi connectivity index (χ0v) is 16.1. The normalized spacial score (nSPS) is 19.1. The fraction of sp³-hybridized carbons (Fsp3) is 0.238. The molecule has 3 heterocycles. The SMILES string of the molecule is O=C(N[C@H]1CCOC[C@@H]1O)c1cc(C(=O)c2ccnc(Cl)c2)c2ccccc2n1. The average Bonchev–Trinajstić information content (AvgIpc) is 2.74. The fourth-order valence-electron chi connectivity index (χ4n) is 3.31. The summed E-state index contributed by atoms with van der Waals surface area (Å²) in [6, 6.07) is 11.2. The number of fused-ring (bicyclic) bond motifs is 1. The number of nitrogens with zero attached hydrogens (tertiary/aromatic N) is 2. The van der Waals surface area contributed by atoms with Gasteiger partial charge in [0, 0.05) is 29.3 Å². The Kier molecular flexibility index (Phi) is 5.53. The fourth-order valence-corrected chi connectivity index (χ4v) is 3.49. The molecule has 2 atom stereocenters. The lowest BCUT2D eigenvalue weighted by Gasteiger charge is -2.28. The standard InChI is InChI=1S/C21H18ClN3O4/c22-19-9-12(5-7-23-19)20(27)14-10-17(24-15-4-2-1-3-13(14)15)21(28)25-16-6-8-29-11-18(16)26/h1-5,7,9-10,16,18,26H,6,8,11H2,(H,25,28)/t16-,18-/m0/s1. The van der Waals surface area contributed by atoms with Gasteiger partial charge in [0.25, 0.3) is 5.91 Å². The van der Waals surface area contributed by atoms with Crippen molar-refractivity contribution in [2.75, 3.05) is 13.2 Å². The lowest BCUT2D eigenvalue weighted by atomic mass is 9.99. The van der Waals surface area contributed by atoms with Gasteiger partial charge in [0.05, 0.1) is 24.3 Å². The molecule has 4 rings (SSSR count). The molecule has 8 heteroatoms. The number of aliphatic hydroxyl groups is 1. The van der Waals surface area contributed by atoms with Gasteiger partial charge in [-0.3, -0.25) is 9.59 Å². The number of aromatic nitrogens is 2. The highest BCUT2D eigenvalue weighted by molar-refractivity contribution is 6.30. The maximum atomic E-state index is 13.1. The smallest absolute Gasteiger partial charge is 0.270 e. The average molecular weight is 412 g/mol. The lowest BCUT2D eigenvalue weighted by Crippen LogP contribution is -2.48. The molecule has 1 saturated heterocycles. The maximum absolute atomic E-state index is 13.1. The summed E-state index contributed by atoms with van der Waals surface area (Å²) in [6.07, 6.45) is 1.18. The molecule has 0 bridgehead atoms. The topological polar surface area (TPSA) is 101 Å². The first kappa shape index (κ1) is 19.4. The van der Waals surface area contributed by atoms with Crippen molar-refractivity contribution < 1.29 is 19.4 Å². The van der Waals surface area contributed by atoms with E-state index in [4.69, 9.17) is 16.3 Å². The van der Waals surface area contributed by atoms with Crippen molar-refractivity contribution in [3.63, 3.8) is 0 Å². The van der Waals surface area contributed by atoms with Crippen LogP contribution in [0.3, 0.4) is 0 Å². The summed E-state index contributed by atoms with van der Waals surface area (Å²) in [5.74, 6) is -0.739.